The molecule has 2 aromatic carbocycles. The van der Waals surface area contributed by atoms with Gasteiger partial charge in [0.1, 0.15) is 10.0 Å². The van der Waals surface area contributed by atoms with Crippen LogP contribution >= 0.6 is 45.9 Å². The van der Waals surface area contributed by atoms with Crippen molar-refractivity contribution in [2.24, 2.45) is 0 Å². The first-order valence-corrected chi connectivity index (χ1v) is 11.1. The SMILES string of the molecule is O=S(C=Cc1nc2ccc(Cl)cc2s1)C=Cc1nc2ccc(Cl)cc2s1. The lowest BCUT2D eigenvalue weighted by Gasteiger charge is -1.86. The number of hydrogen-bond donors (Lipinski definition) is 0. The highest BCUT2D eigenvalue weighted by atomic mass is 35.5. The van der Waals surface area contributed by atoms with Crippen LogP contribution in [-0.4, -0.2) is 14.2 Å². The summed E-state index contributed by atoms with van der Waals surface area (Å²) in [6.07, 6.45) is 3.52. The highest BCUT2D eigenvalue weighted by Crippen LogP contribution is 2.27. The van der Waals surface area contributed by atoms with E-state index in [0.717, 1.165) is 30.4 Å². The second-order valence-corrected chi connectivity index (χ2v) is 9.46. The Morgan fingerprint density at radius 2 is 1.27 bits per heavy atom. The molecule has 0 aliphatic heterocycles. The molecule has 0 aliphatic rings. The van der Waals surface area contributed by atoms with Crippen LogP contribution in [0, 0.1) is 0 Å². The maximum atomic E-state index is 12.2. The van der Waals surface area contributed by atoms with E-state index in [1.54, 1.807) is 23.0 Å². The number of hydrogen-bond acceptors (Lipinski definition) is 5. The molecule has 3 nitrogen and oxygen atoms in total. The van der Waals surface area contributed by atoms with E-state index < -0.39 is 10.8 Å². The second-order valence-electron chi connectivity index (χ2n) is 5.26. The van der Waals surface area contributed by atoms with Crippen LogP contribution in [0.5, 0.6) is 0 Å². The van der Waals surface area contributed by atoms with Crippen LogP contribution in [0.2, 0.25) is 10.0 Å². The zero-order valence-corrected chi connectivity index (χ0v) is 17.0. The molecule has 0 saturated carbocycles. The van der Waals surface area contributed by atoms with Crippen LogP contribution < -0.4 is 0 Å². The molecule has 4 rings (SSSR count). The topological polar surface area (TPSA) is 42.9 Å². The molecule has 2 heterocycles. The van der Waals surface area contributed by atoms with Crippen molar-refractivity contribution < 1.29 is 4.21 Å². The summed E-state index contributed by atoms with van der Waals surface area (Å²) in [5.74, 6) is 0. The van der Waals surface area contributed by atoms with Gasteiger partial charge in [-0.05, 0) is 48.6 Å². The zero-order valence-electron chi connectivity index (χ0n) is 13.1. The van der Waals surface area contributed by atoms with Crippen LogP contribution in [0.3, 0.4) is 0 Å². The third-order valence-electron chi connectivity index (χ3n) is 3.42. The van der Waals surface area contributed by atoms with E-state index in [2.05, 4.69) is 9.97 Å². The number of halogens is 2. The molecule has 0 unspecified atom stereocenters. The summed E-state index contributed by atoms with van der Waals surface area (Å²) in [5, 5.41) is 6.16. The largest absolute Gasteiger partial charge is 0.250 e. The van der Waals surface area contributed by atoms with Crippen molar-refractivity contribution in [2.45, 2.75) is 0 Å². The van der Waals surface area contributed by atoms with Crippen LogP contribution in [0.25, 0.3) is 32.6 Å². The highest BCUT2D eigenvalue weighted by molar-refractivity contribution is 7.91. The fraction of sp³-hybridized carbons (Fsp3) is 0. The number of thiazole rings is 2. The van der Waals surface area contributed by atoms with Crippen molar-refractivity contribution >= 4 is 89.3 Å². The van der Waals surface area contributed by atoms with Gasteiger partial charge in [0.05, 0.1) is 31.2 Å². The van der Waals surface area contributed by atoms with E-state index in [4.69, 9.17) is 23.2 Å². The lowest BCUT2D eigenvalue weighted by Crippen LogP contribution is -1.76. The average molecular weight is 437 g/mol. The Hall–Kier alpha value is -1.57. The summed E-state index contributed by atoms with van der Waals surface area (Å²) in [6.45, 7) is 0. The Morgan fingerprint density at radius 1 is 0.808 bits per heavy atom. The van der Waals surface area contributed by atoms with Crippen LogP contribution in [0.15, 0.2) is 47.2 Å². The molecule has 0 bridgehead atoms. The number of nitrogens with zero attached hydrogens (tertiary/aromatic N) is 2. The molecular formula is C18H10Cl2N2OS3. The zero-order chi connectivity index (χ0) is 18.1. The van der Waals surface area contributed by atoms with Crippen LogP contribution in [0.1, 0.15) is 10.0 Å². The molecule has 0 atom stereocenters. The number of benzene rings is 2. The minimum absolute atomic E-state index is 0.681. The lowest BCUT2D eigenvalue weighted by molar-refractivity contribution is 0.693. The molecule has 0 N–H and O–H groups in total. The van der Waals surface area contributed by atoms with Gasteiger partial charge in [0, 0.05) is 20.9 Å². The van der Waals surface area contributed by atoms with Gasteiger partial charge >= 0.3 is 0 Å². The first-order valence-electron chi connectivity index (χ1n) is 7.45. The van der Waals surface area contributed by atoms with Gasteiger partial charge in [-0.2, -0.15) is 0 Å². The summed E-state index contributed by atoms with van der Waals surface area (Å²) >= 11 is 15.0. The predicted octanol–water partition coefficient (Wildman–Crippen LogP) is 6.60. The number of aromatic nitrogens is 2. The minimum atomic E-state index is -1.25. The normalized spacial score (nSPS) is 13.5. The van der Waals surface area contributed by atoms with Gasteiger partial charge < -0.3 is 0 Å². The van der Waals surface area contributed by atoms with Crippen molar-refractivity contribution in [3.05, 3.63) is 67.3 Å². The predicted molar refractivity (Wildman–Crippen MR) is 115 cm³/mol. The fourth-order valence-electron chi connectivity index (χ4n) is 2.27. The minimum Gasteiger partial charge on any atom is -0.250 e. The van der Waals surface area contributed by atoms with E-state index in [-0.39, 0.29) is 0 Å². The lowest BCUT2D eigenvalue weighted by atomic mass is 10.3. The Labute approximate surface area is 170 Å². The molecule has 0 radical (unpaired) electrons. The summed E-state index contributed by atoms with van der Waals surface area (Å²) in [7, 11) is -1.25. The summed E-state index contributed by atoms with van der Waals surface area (Å²) in [4.78, 5) is 8.95. The number of rotatable bonds is 4. The standard InChI is InChI=1S/C18H10Cl2N2OS3/c19-11-1-3-13-15(9-11)24-17(21-13)5-7-26(23)8-6-18-22-14-4-2-12(20)10-16(14)25-18/h1-10H. The molecule has 2 aromatic heterocycles. The smallest absolute Gasteiger partial charge is 0.117 e. The molecule has 0 aliphatic carbocycles. The van der Waals surface area contributed by atoms with Crippen molar-refractivity contribution in [1.29, 1.82) is 0 Å². The van der Waals surface area contributed by atoms with Crippen molar-refractivity contribution in [1.82, 2.24) is 9.97 Å². The van der Waals surface area contributed by atoms with Gasteiger partial charge in [0.15, 0.2) is 0 Å². The average Bonchev–Trinajstić information content (AvgIpc) is 3.20. The van der Waals surface area contributed by atoms with Crippen molar-refractivity contribution in [2.75, 3.05) is 0 Å². The molecule has 26 heavy (non-hydrogen) atoms. The Bertz CT molecular complexity index is 1100. The van der Waals surface area contributed by atoms with Crippen LogP contribution in [0.4, 0.5) is 0 Å². The van der Waals surface area contributed by atoms with Crippen LogP contribution in [-0.2, 0) is 10.8 Å². The molecular weight excluding hydrogens is 427 g/mol. The summed E-state index contributed by atoms with van der Waals surface area (Å²) < 4.78 is 14.2. The third-order valence-corrected chi connectivity index (χ3v) is 6.67. The monoisotopic (exact) mass is 436 g/mol. The third kappa shape index (κ3) is 4.05. The molecule has 0 amide bonds. The van der Waals surface area contributed by atoms with Gasteiger partial charge in [-0.1, -0.05) is 23.2 Å². The Kier molecular flexibility index (Phi) is 5.20. The van der Waals surface area contributed by atoms with E-state index in [0.29, 0.717) is 10.0 Å². The molecule has 8 heteroatoms. The molecule has 0 spiro atoms. The summed E-state index contributed by atoms with van der Waals surface area (Å²) in [5.41, 5.74) is 1.77. The van der Waals surface area contributed by atoms with Gasteiger partial charge in [0.2, 0.25) is 0 Å². The van der Waals surface area contributed by atoms with Gasteiger partial charge in [0.25, 0.3) is 0 Å². The van der Waals surface area contributed by atoms with Gasteiger partial charge in [-0.15, -0.1) is 22.7 Å². The maximum absolute atomic E-state index is 12.2. The molecule has 0 fully saturated rings. The van der Waals surface area contributed by atoms with Crippen molar-refractivity contribution in [3.8, 4) is 0 Å². The molecule has 130 valence electrons. The first kappa shape index (κ1) is 17.8. The van der Waals surface area contributed by atoms with E-state index in [1.165, 1.54) is 22.7 Å². The van der Waals surface area contributed by atoms with Gasteiger partial charge in [-0.25, -0.2) is 9.97 Å². The van der Waals surface area contributed by atoms with Gasteiger partial charge in [-0.3, -0.25) is 4.21 Å². The van der Waals surface area contributed by atoms with E-state index >= 15 is 0 Å². The Balaban J connectivity index is 1.49. The molecule has 4 aromatic rings. The fourth-order valence-corrected chi connectivity index (χ4v) is 5.35. The van der Waals surface area contributed by atoms with Crippen molar-refractivity contribution in [3.63, 3.8) is 0 Å². The quantitative estimate of drug-likeness (QED) is 0.361. The van der Waals surface area contributed by atoms with E-state index in [1.807, 2.05) is 36.4 Å². The second kappa shape index (κ2) is 7.58. The molecule has 0 saturated heterocycles. The van der Waals surface area contributed by atoms with E-state index in [9.17, 15) is 4.21 Å². The highest BCUT2D eigenvalue weighted by Gasteiger charge is 2.03. The maximum Gasteiger partial charge on any atom is 0.117 e. The number of fused-ring (bicyclic) bond motifs is 2. The Morgan fingerprint density at radius 3 is 1.73 bits per heavy atom. The first-order chi connectivity index (χ1) is 12.6. The summed E-state index contributed by atoms with van der Waals surface area (Å²) in [6, 6.07) is 11.1.